The number of urea groups is 1. The first-order valence-corrected chi connectivity index (χ1v) is 11.5. The molecule has 0 radical (unpaired) electrons. The highest BCUT2D eigenvalue weighted by atomic mass is 35.5. The van der Waals surface area contributed by atoms with Crippen LogP contribution in [0.4, 0.5) is 29.5 Å². The van der Waals surface area contributed by atoms with Gasteiger partial charge in [-0.3, -0.25) is 4.98 Å². The van der Waals surface area contributed by atoms with E-state index >= 15 is 0 Å². The lowest BCUT2D eigenvalue weighted by atomic mass is 10.1. The van der Waals surface area contributed by atoms with Crippen LogP contribution in [-0.2, 0) is 0 Å². The van der Waals surface area contributed by atoms with Crippen LogP contribution in [-0.4, -0.2) is 41.5 Å². The van der Waals surface area contributed by atoms with Crippen molar-refractivity contribution in [2.45, 2.75) is 25.2 Å². The van der Waals surface area contributed by atoms with Crippen molar-refractivity contribution in [3.8, 4) is 17.2 Å². The molecule has 1 aromatic carbocycles. The third-order valence-corrected chi connectivity index (χ3v) is 5.89. The number of amides is 2. The molecule has 0 saturated carbocycles. The Morgan fingerprint density at radius 2 is 1.86 bits per heavy atom. The number of carbonyl (C=O) groups excluding carboxylic acids is 1. The van der Waals surface area contributed by atoms with Gasteiger partial charge in [-0.1, -0.05) is 23.2 Å². The minimum Gasteiger partial charge on any atom is -0.456 e. The van der Waals surface area contributed by atoms with E-state index in [9.17, 15) is 18.0 Å². The first-order valence-electron chi connectivity index (χ1n) is 10.8. The Labute approximate surface area is 214 Å². The van der Waals surface area contributed by atoms with E-state index in [2.05, 4.69) is 25.3 Å². The molecule has 1 fully saturated rings. The summed E-state index contributed by atoms with van der Waals surface area (Å²) in [5, 5.41) is 5.66. The number of nitrogens with zero attached hydrogens (tertiary/aromatic N) is 3. The van der Waals surface area contributed by atoms with Crippen LogP contribution in [0.2, 0.25) is 10.0 Å². The molecular formula is C23H20Cl2F3N5O3. The predicted molar refractivity (Wildman–Crippen MR) is 129 cm³/mol. The maximum absolute atomic E-state index is 12.5. The Bertz CT molecular complexity index is 1210. The van der Waals surface area contributed by atoms with Crippen molar-refractivity contribution in [1.82, 2.24) is 15.3 Å². The highest BCUT2D eigenvalue weighted by Gasteiger charge is 2.32. The molecule has 4 rings (SSSR count). The van der Waals surface area contributed by atoms with Gasteiger partial charge in [0, 0.05) is 43.7 Å². The second-order valence-corrected chi connectivity index (χ2v) is 8.58. The van der Waals surface area contributed by atoms with Gasteiger partial charge in [-0.2, -0.15) is 0 Å². The van der Waals surface area contributed by atoms with E-state index < -0.39 is 12.1 Å². The molecule has 3 aromatic rings. The van der Waals surface area contributed by atoms with Crippen molar-refractivity contribution < 1.29 is 27.4 Å². The number of anilines is 2. The molecule has 0 atom stereocenters. The third kappa shape index (κ3) is 6.82. The Balaban J connectivity index is 1.35. The summed E-state index contributed by atoms with van der Waals surface area (Å²) >= 11 is 12.4. The van der Waals surface area contributed by atoms with Crippen molar-refractivity contribution in [3.63, 3.8) is 0 Å². The lowest BCUT2D eigenvalue weighted by Gasteiger charge is -2.33. The summed E-state index contributed by atoms with van der Waals surface area (Å²) in [6, 6.07) is 8.23. The van der Waals surface area contributed by atoms with Crippen LogP contribution in [0.1, 0.15) is 12.8 Å². The Hall–Kier alpha value is -3.44. The van der Waals surface area contributed by atoms with E-state index in [0.29, 0.717) is 37.4 Å². The van der Waals surface area contributed by atoms with Gasteiger partial charge in [-0.15, -0.1) is 13.2 Å². The van der Waals surface area contributed by atoms with E-state index in [0.717, 1.165) is 6.07 Å². The number of hydrogen-bond acceptors (Lipinski definition) is 6. The van der Waals surface area contributed by atoms with Crippen LogP contribution in [0, 0.1) is 0 Å². The molecule has 190 valence electrons. The summed E-state index contributed by atoms with van der Waals surface area (Å²) in [6.45, 7) is 1.17. The molecule has 13 heteroatoms. The molecule has 0 aliphatic carbocycles. The summed E-state index contributed by atoms with van der Waals surface area (Å²) < 4.78 is 47.0. The van der Waals surface area contributed by atoms with Gasteiger partial charge in [0.05, 0.1) is 16.9 Å². The molecule has 8 nitrogen and oxygen atoms in total. The van der Waals surface area contributed by atoms with Crippen LogP contribution >= 0.6 is 23.2 Å². The maximum atomic E-state index is 12.5. The molecule has 3 heterocycles. The van der Waals surface area contributed by atoms with Crippen LogP contribution < -0.4 is 25.0 Å². The van der Waals surface area contributed by atoms with Crippen molar-refractivity contribution in [1.29, 1.82) is 0 Å². The first-order chi connectivity index (χ1) is 17.2. The summed E-state index contributed by atoms with van der Waals surface area (Å²) in [5.41, 5.74) is 0.601. The number of rotatable bonds is 6. The highest BCUT2D eigenvalue weighted by molar-refractivity contribution is 6.34. The average Bonchev–Trinajstić information content (AvgIpc) is 2.83. The molecule has 2 N–H and O–H groups in total. The Morgan fingerprint density at radius 1 is 1.08 bits per heavy atom. The molecule has 2 amide bonds. The predicted octanol–water partition coefficient (Wildman–Crippen LogP) is 6.26. The number of hydrogen-bond donors (Lipinski definition) is 2. The number of alkyl halides is 3. The number of piperidine rings is 1. The van der Waals surface area contributed by atoms with Crippen LogP contribution in [0.3, 0.4) is 0 Å². The van der Waals surface area contributed by atoms with E-state index in [4.69, 9.17) is 27.9 Å². The largest absolute Gasteiger partial charge is 0.573 e. The van der Waals surface area contributed by atoms with Crippen LogP contribution in [0.5, 0.6) is 17.2 Å². The second kappa shape index (κ2) is 11.1. The molecule has 1 aliphatic heterocycles. The van der Waals surface area contributed by atoms with Gasteiger partial charge in [0.25, 0.3) is 0 Å². The Morgan fingerprint density at radius 3 is 2.53 bits per heavy atom. The van der Waals surface area contributed by atoms with Gasteiger partial charge in [-0.25, -0.2) is 9.78 Å². The van der Waals surface area contributed by atoms with Gasteiger partial charge in [-0.05, 0) is 37.1 Å². The van der Waals surface area contributed by atoms with Gasteiger partial charge in [0.2, 0.25) is 0 Å². The summed E-state index contributed by atoms with van der Waals surface area (Å²) in [7, 11) is 0. The second-order valence-electron chi connectivity index (χ2n) is 7.79. The van der Waals surface area contributed by atoms with Gasteiger partial charge < -0.3 is 25.0 Å². The fraction of sp³-hybridized carbons (Fsp3) is 0.261. The highest BCUT2D eigenvalue weighted by Crippen LogP contribution is 2.39. The maximum Gasteiger partial charge on any atom is 0.573 e. The zero-order valence-corrected chi connectivity index (χ0v) is 20.1. The molecule has 0 spiro atoms. The number of ether oxygens (including phenoxy) is 2. The van der Waals surface area contributed by atoms with E-state index in [1.165, 1.54) is 24.4 Å². The lowest BCUT2D eigenvalue weighted by molar-refractivity contribution is -0.274. The third-order valence-electron chi connectivity index (χ3n) is 5.24. The average molecular weight is 542 g/mol. The molecule has 0 bridgehead atoms. The van der Waals surface area contributed by atoms with Crippen molar-refractivity contribution >= 4 is 40.7 Å². The summed E-state index contributed by atoms with van der Waals surface area (Å²) in [6.07, 6.45) is 1.17. The fourth-order valence-corrected chi connectivity index (χ4v) is 4.10. The minimum absolute atomic E-state index is 0.0318. The molecule has 1 saturated heterocycles. The smallest absolute Gasteiger partial charge is 0.456 e. The molecular weight excluding hydrogens is 522 g/mol. The summed E-state index contributed by atoms with van der Waals surface area (Å²) in [5.74, 6) is 0.397. The van der Waals surface area contributed by atoms with Gasteiger partial charge in [0.1, 0.15) is 16.5 Å². The standard InChI is InChI=1S/C23H20Cl2F3N5O3/c24-17-12-16(3-4-18(17)36-23(26,27)28)35-19-5-9-30-21(20(19)25)33-10-6-14(7-11-33)31-22(34)32-15-2-1-8-29-13-15/h1-5,8-9,12-14H,6-7,10-11H2,(H2,31,32,34). The number of benzene rings is 1. The van der Waals surface area contributed by atoms with E-state index in [1.54, 1.807) is 24.5 Å². The fourth-order valence-electron chi connectivity index (χ4n) is 3.62. The summed E-state index contributed by atoms with van der Waals surface area (Å²) in [4.78, 5) is 22.5. The quantitative estimate of drug-likeness (QED) is 0.382. The number of pyridine rings is 2. The van der Waals surface area contributed by atoms with Crippen LogP contribution in [0.25, 0.3) is 0 Å². The molecule has 2 aromatic heterocycles. The van der Waals surface area contributed by atoms with Gasteiger partial charge >= 0.3 is 12.4 Å². The molecule has 0 unspecified atom stereocenters. The van der Waals surface area contributed by atoms with E-state index in [1.807, 2.05) is 4.90 Å². The van der Waals surface area contributed by atoms with E-state index in [-0.39, 0.29) is 33.6 Å². The first kappa shape index (κ1) is 25.6. The SMILES string of the molecule is O=C(Nc1cccnc1)NC1CCN(c2nccc(Oc3ccc(OC(F)(F)F)c(Cl)c3)c2Cl)CC1. The molecule has 36 heavy (non-hydrogen) atoms. The zero-order valence-electron chi connectivity index (χ0n) is 18.6. The monoisotopic (exact) mass is 541 g/mol. The number of halogens is 5. The van der Waals surface area contributed by atoms with Crippen molar-refractivity contribution in [2.24, 2.45) is 0 Å². The topological polar surface area (TPSA) is 88.6 Å². The normalized spacial score (nSPS) is 14.3. The minimum atomic E-state index is -4.86. The van der Waals surface area contributed by atoms with Gasteiger partial charge in [0.15, 0.2) is 11.6 Å². The number of nitrogens with one attached hydrogen (secondary N) is 2. The number of carbonyl (C=O) groups is 1. The Kier molecular flexibility index (Phi) is 7.90. The number of aromatic nitrogens is 2. The van der Waals surface area contributed by atoms with Crippen molar-refractivity contribution in [3.05, 3.63) is 65.0 Å². The van der Waals surface area contributed by atoms with Crippen molar-refractivity contribution in [2.75, 3.05) is 23.3 Å². The lowest BCUT2D eigenvalue weighted by Crippen LogP contribution is -2.46. The molecule has 1 aliphatic rings. The van der Waals surface area contributed by atoms with Crippen LogP contribution in [0.15, 0.2) is 55.0 Å². The zero-order chi connectivity index (χ0) is 25.7.